The van der Waals surface area contributed by atoms with E-state index in [0.717, 1.165) is 10.9 Å². The Morgan fingerprint density at radius 1 is 1.38 bits per heavy atom. The van der Waals surface area contributed by atoms with Gasteiger partial charge >= 0.3 is 0 Å². The highest BCUT2D eigenvalue weighted by Crippen LogP contribution is 2.28. The summed E-state index contributed by atoms with van der Waals surface area (Å²) in [7, 11) is 0. The number of thiophene rings is 1. The first-order chi connectivity index (χ1) is 6.33. The van der Waals surface area contributed by atoms with Crippen LogP contribution in [0.5, 0.6) is 0 Å². The second kappa shape index (κ2) is 3.46. The van der Waals surface area contributed by atoms with Gasteiger partial charge in [0, 0.05) is 4.70 Å². The van der Waals surface area contributed by atoms with E-state index in [9.17, 15) is 0 Å². The van der Waals surface area contributed by atoms with Crippen LogP contribution in [-0.4, -0.2) is 11.7 Å². The first-order valence-electron chi connectivity index (χ1n) is 4.15. The lowest BCUT2D eigenvalue weighted by atomic mass is 10.1. The maximum atomic E-state index is 8.95. The van der Waals surface area contributed by atoms with E-state index in [1.165, 1.54) is 4.70 Å². The van der Waals surface area contributed by atoms with Gasteiger partial charge in [0.2, 0.25) is 0 Å². The van der Waals surface area contributed by atoms with Crippen molar-refractivity contribution in [1.29, 1.82) is 0 Å². The van der Waals surface area contributed by atoms with Gasteiger partial charge in [-0.15, -0.1) is 11.3 Å². The Bertz CT molecular complexity index is 410. The molecule has 0 saturated heterocycles. The highest BCUT2D eigenvalue weighted by atomic mass is 32.1. The second-order valence-electron chi connectivity index (χ2n) is 2.98. The van der Waals surface area contributed by atoms with E-state index in [1.807, 2.05) is 23.6 Å². The predicted octanol–water partition coefficient (Wildman–Crippen LogP) is 1.89. The monoisotopic (exact) mass is 193 g/mol. The van der Waals surface area contributed by atoms with Crippen molar-refractivity contribution in [2.75, 3.05) is 6.61 Å². The molecule has 0 bridgehead atoms. The molecule has 13 heavy (non-hydrogen) atoms. The fourth-order valence-electron chi connectivity index (χ4n) is 1.38. The van der Waals surface area contributed by atoms with Crippen molar-refractivity contribution >= 4 is 21.4 Å². The number of hydrogen-bond acceptors (Lipinski definition) is 3. The molecular formula is C10H11NOS. The van der Waals surface area contributed by atoms with Crippen LogP contribution in [0.2, 0.25) is 0 Å². The van der Waals surface area contributed by atoms with Crippen LogP contribution < -0.4 is 5.73 Å². The Labute approximate surface area is 80.6 Å². The van der Waals surface area contributed by atoms with Crippen LogP contribution in [0.1, 0.15) is 11.6 Å². The maximum Gasteiger partial charge on any atom is 0.0624 e. The number of hydrogen-bond donors (Lipinski definition) is 2. The number of benzene rings is 1. The number of rotatable bonds is 2. The van der Waals surface area contributed by atoms with E-state index in [4.69, 9.17) is 10.8 Å². The van der Waals surface area contributed by atoms with Crippen molar-refractivity contribution in [3.63, 3.8) is 0 Å². The van der Waals surface area contributed by atoms with Crippen molar-refractivity contribution in [3.05, 3.63) is 35.2 Å². The minimum atomic E-state index is -0.254. The molecule has 0 unspecified atom stereocenters. The lowest BCUT2D eigenvalue weighted by Crippen LogP contribution is -2.13. The Hall–Kier alpha value is -0.900. The molecule has 1 heterocycles. The van der Waals surface area contributed by atoms with Crippen molar-refractivity contribution in [1.82, 2.24) is 0 Å². The number of nitrogens with two attached hydrogens (primary N) is 1. The van der Waals surface area contributed by atoms with Crippen molar-refractivity contribution in [2.24, 2.45) is 5.73 Å². The third kappa shape index (κ3) is 1.46. The molecule has 1 atom stereocenters. The molecule has 2 nitrogen and oxygen atoms in total. The van der Waals surface area contributed by atoms with Gasteiger partial charge in [0.1, 0.15) is 0 Å². The molecule has 0 aliphatic rings. The SMILES string of the molecule is N[C@@H](CO)c1csc2ccccc12. The van der Waals surface area contributed by atoms with Crippen LogP contribution >= 0.6 is 11.3 Å². The molecule has 0 fully saturated rings. The average molecular weight is 193 g/mol. The van der Waals surface area contributed by atoms with E-state index in [0.29, 0.717) is 0 Å². The van der Waals surface area contributed by atoms with E-state index < -0.39 is 0 Å². The van der Waals surface area contributed by atoms with Gasteiger partial charge in [0.15, 0.2) is 0 Å². The molecule has 0 aliphatic heterocycles. The summed E-state index contributed by atoms with van der Waals surface area (Å²) in [5.74, 6) is 0. The van der Waals surface area contributed by atoms with Crippen LogP contribution in [-0.2, 0) is 0 Å². The molecule has 3 heteroatoms. The highest BCUT2D eigenvalue weighted by molar-refractivity contribution is 7.17. The summed E-state index contributed by atoms with van der Waals surface area (Å²) >= 11 is 1.67. The van der Waals surface area contributed by atoms with Crippen LogP contribution in [0.15, 0.2) is 29.6 Å². The molecule has 3 N–H and O–H groups in total. The predicted molar refractivity (Wildman–Crippen MR) is 55.8 cm³/mol. The van der Waals surface area contributed by atoms with E-state index in [2.05, 4.69) is 6.07 Å². The molecular weight excluding hydrogens is 182 g/mol. The van der Waals surface area contributed by atoms with Gasteiger partial charge in [-0.25, -0.2) is 0 Å². The quantitative estimate of drug-likeness (QED) is 0.765. The second-order valence-corrected chi connectivity index (χ2v) is 3.89. The summed E-state index contributed by atoms with van der Waals surface area (Å²) in [5, 5.41) is 12.1. The van der Waals surface area contributed by atoms with Crippen molar-refractivity contribution in [3.8, 4) is 0 Å². The van der Waals surface area contributed by atoms with Crippen LogP contribution in [0.4, 0.5) is 0 Å². The lowest BCUT2D eigenvalue weighted by Gasteiger charge is -2.05. The van der Waals surface area contributed by atoms with Gasteiger partial charge in [-0.3, -0.25) is 0 Å². The Morgan fingerprint density at radius 2 is 2.15 bits per heavy atom. The smallest absolute Gasteiger partial charge is 0.0624 e. The Kier molecular flexibility index (Phi) is 2.31. The minimum absolute atomic E-state index is 0.000722. The summed E-state index contributed by atoms with van der Waals surface area (Å²) in [6.07, 6.45) is 0. The summed E-state index contributed by atoms with van der Waals surface area (Å²) < 4.78 is 1.22. The fraction of sp³-hybridized carbons (Fsp3) is 0.200. The highest BCUT2D eigenvalue weighted by Gasteiger charge is 2.09. The minimum Gasteiger partial charge on any atom is -0.394 e. The molecule has 1 aromatic carbocycles. The standard InChI is InChI=1S/C10H11NOS/c11-9(5-12)8-6-13-10-4-2-1-3-7(8)10/h1-4,6,9,12H,5,11H2/t9-/m0/s1. The van der Waals surface area contributed by atoms with Gasteiger partial charge in [0.05, 0.1) is 12.6 Å². The zero-order chi connectivity index (χ0) is 9.26. The van der Waals surface area contributed by atoms with Crippen LogP contribution in [0.25, 0.3) is 10.1 Å². The van der Waals surface area contributed by atoms with Crippen molar-refractivity contribution in [2.45, 2.75) is 6.04 Å². The normalized spacial score (nSPS) is 13.4. The zero-order valence-corrected chi connectivity index (χ0v) is 7.92. The van der Waals surface area contributed by atoms with Gasteiger partial charge in [-0.1, -0.05) is 18.2 Å². The van der Waals surface area contributed by atoms with Crippen molar-refractivity contribution < 1.29 is 5.11 Å². The summed E-state index contributed by atoms with van der Waals surface area (Å²) in [6.45, 7) is 0.000722. The molecule has 1 aromatic heterocycles. The lowest BCUT2D eigenvalue weighted by molar-refractivity contribution is 0.269. The molecule has 2 aromatic rings. The molecule has 0 spiro atoms. The molecule has 0 saturated carbocycles. The maximum absolute atomic E-state index is 8.95. The first-order valence-corrected chi connectivity index (χ1v) is 5.03. The molecule has 2 rings (SSSR count). The zero-order valence-electron chi connectivity index (χ0n) is 7.10. The molecule has 0 radical (unpaired) electrons. The molecule has 0 amide bonds. The van der Waals surface area contributed by atoms with E-state index in [-0.39, 0.29) is 12.6 Å². The number of fused-ring (bicyclic) bond motifs is 1. The number of aliphatic hydroxyl groups excluding tert-OH is 1. The summed E-state index contributed by atoms with van der Waals surface area (Å²) in [5.41, 5.74) is 6.81. The summed E-state index contributed by atoms with van der Waals surface area (Å²) in [6, 6.07) is 7.84. The molecule has 0 aliphatic carbocycles. The van der Waals surface area contributed by atoms with E-state index in [1.54, 1.807) is 11.3 Å². The van der Waals surface area contributed by atoms with Crippen LogP contribution in [0, 0.1) is 0 Å². The first kappa shape index (κ1) is 8.69. The number of aliphatic hydroxyl groups is 1. The average Bonchev–Trinajstić information content (AvgIpc) is 2.60. The van der Waals surface area contributed by atoms with Crippen LogP contribution in [0.3, 0.4) is 0 Å². The van der Waals surface area contributed by atoms with Gasteiger partial charge < -0.3 is 10.8 Å². The third-order valence-electron chi connectivity index (χ3n) is 2.11. The largest absolute Gasteiger partial charge is 0.394 e. The summed E-state index contributed by atoms with van der Waals surface area (Å²) in [4.78, 5) is 0. The third-order valence-corrected chi connectivity index (χ3v) is 3.09. The Morgan fingerprint density at radius 3 is 2.92 bits per heavy atom. The van der Waals surface area contributed by atoms with Gasteiger partial charge in [-0.2, -0.15) is 0 Å². The van der Waals surface area contributed by atoms with E-state index >= 15 is 0 Å². The fourth-order valence-corrected chi connectivity index (χ4v) is 2.41. The van der Waals surface area contributed by atoms with Gasteiger partial charge in [-0.05, 0) is 22.4 Å². The topological polar surface area (TPSA) is 46.2 Å². The van der Waals surface area contributed by atoms with Gasteiger partial charge in [0.25, 0.3) is 0 Å². The molecule has 68 valence electrons. The Balaban J connectivity index is 2.57.